The number of benzene rings is 3. The molecule has 1 aromatic heterocycles. The first kappa shape index (κ1) is 28.1. The SMILES string of the molecule is O=C(OCC1CCC1)c1ccc([N+](=O)[O-])c(C2=C3C=NC=C[NH+]3C(c3ccc4ccc(-c5ccccc5)nc4c3)=N2)c1.[Cl-]. The van der Waals surface area contributed by atoms with E-state index in [0.29, 0.717) is 29.8 Å². The van der Waals surface area contributed by atoms with Crippen LogP contribution in [0.15, 0.2) is 107 Å². The molecular formula is C33H26ClN5O4. The lowest BCUT2D eigenvalue weighted by Crippen LogP contribution is -3.08. The number of nitro groups is 1. The van der Waals surface area contributed by atoms with E-state index in [1.165, 1.54) is 18.2 Å². The molecule has 0 bridgehead atoms. The van der Waals surface area contributed by atoms with Gasteiger partial charge >= 0.3 is 5.97 Å². The van der Waals surface area contributed by atoms with Crippen LogP contribution in [0.4, 0.5) is 5.69 Å². The number of nitrogens with one attached hydrogen (secondary N) is 1. The van der Waals surface area contributed by atoms with E-state index in [4.69, 9.17) is 14.7 Å². The highest BCUT2D eigenvalue weighted by molar-refractivity contribution is 6.07. The number of nitrogens with zero attached hydrogens (tertiary/aromatic N) is 4. The number of allylic oxidation sites excluding steroid dienone is 1. The fourth-order valence-corrected chi connectivity index (χ4v) is 5.43. The molecule has 0 radical (unpaired) electrons. The molecule has 1 unspecified atom stereocenters. The number of hydrogen-bond acceptors (Lipinski definition) is 7. The molecule has 1 saturated carbocycles. The predicted molar refractivity (Wildman–Crippen MR) is 160 cm³/mol. The molecule has 1 atom stereocenters. The summed E-state index contributed by atoms with van der Waals surface area (Å²) in [6.07, 6.45) is 8.43. The third kappa shape index (κ3) is 5.36. The van der Waals surface area contributed by atoms with Gasteiger partial charge in [-0.15, -0.1) is 0 Å². The van der Waals surface area contributed by atoms with Crippen molar-refractivity contribution in [2.75, 3.05) is 6.61 Å². The van der Waals surface area contributed by atoms with Crippen LogP contribution >= 0.6 is 0 Å². The average Bonchev–Trinajstić information content (AvgIpc) is 3.39. The molecule has 1 aliphatic carbocycles. The average molecular weight is 592 g/mol. The van der Waals surface area contributed by atoms with Gasteiger partial charge in [0.05, 0.1) is 51.8 Å². The van der Waals surface area contributed by atoms with Crippen LogP contribution in [0.3, 0.4) is 0 Å². The fourth-order valence-electron chi connectivity index (χ4n) is 5.43. The third-order valence-electron chi connectivity index (χ3n) is 7.95. The maximum Gasteiger partial charge on any atom is 0.338 e. The number of ether oxygens (including phenoxy) is 1. The van der Waals surface area contributed by atoms with E-state index >= 15 is 0 Å². The van der Waals surface area contributed by atoms with Crippen LogP contribution in [0, 0.1) is 16.0 Å². The fraction of sp³-hybridized carbons (Fsp3) is 0.152. The summed E-state index contributed by atoms with van der Waals surface area (Å²) in [5, 5.41) is 13.1. The number of carbonyl (C=O) groups is 1. The molecule has 3 heterocycles. The number of esters is 1. The quantitative estimate of drug-likeness (QED) is 0.201. The monoisotopic (exact) mass is 591 g/mol. The summed E-state index contributed by atoms with van der Waals surface area (Å²) in [6.45, 7) is 0.360. The summed E-state index contributed by atoms with van der Waals surface area (Å²) in [6, 6.07) is 24.3. The van der Waals surface area contributed by atoms with E-state index in [2.05, 4.69) is 4.99 Å². The molecule has 4 aromatic rings. The zero-order chi connectivity index (χ0) is 28.6. The summed E-state index contributed by atoms with van der Waals surface area (Å²) in [7, 11) is 0. The number of nitro benzene ring substituents is 1. The van der Waals surface area contributed by atoms with Crippen LogP contribution in [-0.2, 0) is 4.74 Å². The summed E-state index contributed by atoms with van der Waals surface area (Å²) >= 11 is 0. The zero-order valence-corrected chi connectivity index (χ0v) is 23.7. The number of amidine groups is 1. The van der Waals surface area contributed by atoms with Gasteiger partial charge in [0.25, 0.3) is 5.69 Å². The Bertz CT molecular complexity index is 1880. The maximum absolute atomic E-state index is 12.9. The minimum absolute atomic E-state index is 0. The van der Waals surface area contributed by atoms with E-state index in [1.54, 1.807) is 12.4 Å². The Morgan fingerprint density at radius 2 is 1.81 bits per heavy atom. The van der Waals surface area contributed by atoms with Gasteiger partial charge in [-0.2, -0.15) is 4.99 Å². The Labute approximate surface area is 253 Å². The first-order valence-electron chi connectivity index (χ1n) is 13.9. The van der Waals surface area contributed by atoms with Gasteiger partial charge in [-0.25, -0.2) is 14.7 Å². The van der Waals surface area contributed by atoms with Crippen molar-refractivity contribution in [1.29, 1.82) is 0 Å². The van der Waals surface area contributed by atoms with Gasteiger partial charge in [0.1, 0.15) is 11.9 Å². The highest BCUT2D eigenvalue weighted by Gasteiger charge is 2.37. The molecule has 1 N–H and O–H groups in total. The molecule has 2 aliphatic heterocycles. The Morgan fingerprint density at radius 1 is 1.00 bits per heavy atom. The van der Waals surface area contributed by atoms with Crippen molar-refractivity contribution in [1.82, 2.24) is 4.98 Å². The molecule has 214 valence electrons. The van der Waals surface area contributed by atoms with Crippen LogP contribution in [0.5, 0.6) is 0 Å². The van der Waals surface area contributed by atoms with Gasteiger partial charge in [-0.3, -0.25) is 15.1 Å². The minimum Gasteiger partial charge on any atom is -1.00 e. The van der Waals surface area contributed by atoms with Crippen LogP contribution in [0.25, 0.3) is 27.9 Å². The minimum atomic E-state index is -0.498. The molecule has 3 aromatic carbocycles. The molecule has 0 saturated heterocycles. The van der Waals surface area contributed by atoms with Crippen molar-refractivity contribution in [2.24, 2.45) is 15.9 Å². The molecule has 0 spiro atoms. The molecule has 43 heavy (non-hydrogen) atoms. The van der Waals surface area contributed by atoms with Crippen LogP contribution in [0.1, 0.15) is 40.7 Å². The van der Waals surface area contributed by atoms with Gasteiger partial charge < -0.3 is 17.1 Å². The van der Waals surface area contributed by atoms with E-state index in [0.717, 1.165) is 51.9 Å². The standard InChI is InChI=1S/C33H25N5O4.ClH/c39-33(42-20-21-5-4-6-21)25-12-14-29(38(40)41)26(17-25)31-30-19-34-15-16-37(30)32(36-31)24-10-9-23-11-13-27(35-28(23)18-24)22-7-2-1-3-8-22;/h1-3,7-19,21H,4-6,20H2;1H. The van der Waals surface area contributed by atoms with Crippen LogP contribution in [0.2, 0.25) is 0 Å². The lowest BCUT2D eigenvalue weighted by Gasteiger charge is -2.24. The maximum atomic E-state index is 12.9. The second kappa shape index (κ2) is 11.7. The predicted octanol–water partition coefficient (Wildman–Crippen LogP) is 2.34. The Morgan fingerprint density at radius 3 is 2.58 bits per heavy atom. The van der Waals surface area contributed by atoms with Gasteiger partial charge in [0.2, 0.25) is 5.84 Å². The number of carbonyl (C=O) groups excluding carboxylic acids is 1. The number of pyridine rings is 1. The largest absolute Gasteiger partial charge is 1.00 e. The first-order chi connectivity index (χ1) is 20.5. The third-order valence-corrected chi connectivity index (χ3v) is 7.95. The van der Waals surface area contributed by atoms with Gasteiger partial charge in [0.15, 0.2) is 5.70 Å². The number of fused-ring (bicyclic) bond motifs is 2. The molecule has 10 heteroatoms. The normalized spacial score (nSPS) is 17.2. The van der Waals surface area contributed by atoms with Crippen molar-refractivity contribution in [2.45, 2.75) is 19.3 Å². The topological polar surface area (TPSA) is 111 Å². The van der Waals surface area contributed by atoms with E-state index in [9.17, 15) is 14.9 Å². The second-order valence-electron chi connectivity index (χ2n) is 10.6. The Hall–Kier alpha value is -4.99. The second-order valence-corrected chi connectivity index (χ2v) is 10.6. The lowest BCUT2D eigenvalue weighted by atomic mass is 9.86. The molecule has 3 aliphatic rings. The molecule has 7 rings (SSSR count). The van der Waals surface area contributed by atoms with E-state index < -0.39 is 10.9 Å². The Balaban J connectivity index is 0.00000329. The highest BCUT2D eigenvalue weighted by atomic mass is 35.5. The smallest absolute Gasteiger partial charge is 0.338 e. The number of quaternary nitrogens is 1. The number of aliphatic imine (C=N–C) groups is 2. The van der Waals surface area contributed by atoms with Gasteiger partial charge in [0, 0.05) is 17.0 Å². The van der Waals surface area contributed by atoms with Crippen molar-refractivity contribution in [3.8, 4) is 11.3 Å². The van der Waals surface area contributed by atoms with Crippen LogP contribution < -0.4 is 17.3 Å². The molecule has 0 amide bonds. The summed E-state index contributed by atoms with van der Waals surface area (Å²) < 4.78 is 5.52. The number of halogens is 1. The molecule has 9 nitrogen and oxygen atoms in total. The van der Waals surface area contributed by atoms with Gasteiger partial charge in [-0.1, -0.05) is 48.9 Å². The van der Waals surface area contributed by atoms with Crippen molar-refractivity contribution >= 4 is 40.3 Å². The van der Waals surface area contributed by atoms with Gasteiger partial charge in [-0.05, 0) is 49.1 Å². The number of hydrogen-bond donors (Lipinski definition) is 1. The van der Waals surface area contributed by atoms with E-state index in [1.807, 2.05) is 66.9 Å². The van der Waals surface area contributed by atoms with Crippen LogP contribution in [-0.4, -0.2) is 34.5 Å². The lowest BCUT2D eigenvalue weighted by molar-refractivity contribution is -0.688. The zero-order valence-electron chi connectivity index (χ0n) is 22.9. The summed E-state index contributed by atoms with van der Waals surface area (Å²) in [5.41, 5.74) is 4.90. The number of rotatable bonds is 7. The first-order valence-corrected chi connectivity index (χ1v) is 13.9. The highest BCUT2D eigenvalue weighted by Crippen LogP contribution is 2.33. The molecular weight excluding hydrogens is 566 g/mol. The molecule has 1 fully saturated rings. The van der Waals surface area contributed by atoms with Crippen molar-refractivity contribution in [3.63, 3.8) is 0 Å². The number of aromatic nitrogens is 1. The summed E-state index contributed by atoms with van der Waals surface area (Å²) in [5.74, 6) is 0.548. The van der Waals surface area contributed by atoms with Crippen molar-refractivity contribution < 1.29 is 31.8 Å². The van der Waals surface area contributed by atoms with E-state index in [-0.39, 0.29) is 29.2 Å². The Kier molecular flexibility index (Phi) is 7.67. The van der Waals surface area contributed by atoms with Crippen molar-refractivity contribution in [3.05, 3.63) is 124 Å². The summed E-state index contributed by atoms with van der Waals surface area (Å²) in [4.78, 5) is 39.4.